The smallest absolute Gasteiger partial charge is 0.321 e. The van der Waals surface area contributed by atoms with Crippen LogP contribution in [0.25, 0.3) is 0 Å². The van der Waals surface area contributed by atoms with Crippen LogP contribution in [-0.2, 0) is 9.59 Å². The van der Waals surface area contributed by atoms with Crippen LogP contribution in [-0.4, -0.2) is 52.6 Å². The van der Waals surface area contributed by atoms with E-state index in [1.807, 2.05) is 4.90 Å². The van der Waals surface area contributed by atoms with Crippen LogP contribution in [0, 0.1) is 23.7 Å². The van der Waals surface area contributed by atoms with E-state index in [0.717, 1.165) is 37.0 Å². The first-order valence-corrected chi connectivity index (χ1v) is 9.93. The molecule has 8 heteroatoms. The van der Waals surface area contributed by atoms with Gasteiger partial charge in [0.25, 0.3) is 0 Å². The topological polar surface area (TPSA) is 98.7 Å². The average Bonchev–Trinajstić information content (AvgIpc) is 3.02. The Labute approximate surface area is 166 Å². The molecule has 152 valence electrons. The van der Waals surface area contributed by atoms with Crippen molar-refractivity contribution in [3.05, 3.63) is 0 Å². The number of imide groups is 1. The number of nitrogens with one attached hydrogen (secondary N) is 2. The number of urea groups is 1. The number of carboxylic acid groups (broad SMARTS) is 1. The molecule has 3 amide bonds. The molecule has 4 aliphatic carbocycles. The molecule has 2 atom stereocenters. The van der Waals surface area contributed by atoms with Crippen molar-refractivity contribution in [2.45, 2.75) is 63.5 Å². The SMILES string of the molecule is CC(C(=O)NC(=O)NC12CC3CC(CC(C3)C1)C2)N1CCC(C(=O)O)C1.Cl. The maximum atomic E-state index is 12.5. The summed E-state index contributed by atoms with van der Waals surface area (Å²) < 4.78 is 0. The van der Waals surface area contributed by atoms with E-state index in [-0.39, 0.29) is 23.9 Å². The van der Waals surface area contributed by atoms with Crippen molar-refractivity contribution in [1.82, 2.24) is 15.5 Å². The van der Waals surface area contributed by atoms with Gasteiger partial charge in [-0.1, -0.05) is 0 Å². The van der Waals surface area contributed by atoms with Gasteiger partial charge >= 0.3 is 12.0 Å². The van der Waals surface area contributed by atoms with E-state index in [9.17, 15) is 14.4 Å². The van der Waals surface area contributed by atoms with Crippen LogP contribution in [0.15, 0.2) is 0 Å². The fraction of sp³-hybridized carbons (Fsp3) is 0.842. The molecule has 5 aliphatic rings. The molecule has 1 heterocycles. The van der Waals surface area contributed by atoms with E-state index in [2.05, 4.69) is 10.6 Å². The summed E-state index contributed by atoms with van der Waals surface area (Å²) in [6, 6.07) is -0.890. The van der Waals surface area contributed by atoms with E-state index < -0.39 is 24.0 Å². The second-order valence-electron chi connectivity index (χ2n) is 9.14. The quantitative estimate of drug-likeness (QED) is 0.671. The molecular formula is C19H30ClN3O4. The largest absolute Gasteiger partial charge is 0.481 e. The highest BCUT2D eigenvalue weighted by Gasteiger charge is 2.51. The molecule has 27 heavy (non-hydrogen) atoms. The summed E-state index contributed by atoms with van der Waals surface area (Å²) in [6.45, 7) is 2.67. The maximum absolute atomic E-state index is 12.5. The predicted octanol–water partition coefficient (Wildman–Crippen LogP) is 2.00. The van der Waals surface area contributed by atoms with Crippen molar-refractivity contribution in [2.75, 3.05) is 13.1 Å². The van der Waals surface area contributed by atoms with Gasteiger partial charge in [0, 0.05) is 12.1 Å². The minimum absolute atomic E-state index is 0. The van der Waals surface area contributed by atoms with Gasteiger partial charge in [0.2, 0.25) is 5.91 Å². The number of carbonyl (C=O) groups is 3. The molecule has 7 nitrogen and oxygen atoms in total. The molecule has 4 bridgehead atoms. The van der Waals surface area contributed by atoms with Crippen molar-refractivity contribution in [1.29, 1.82) is 0 Å². The van der Waals surface area contributed by atoms with E-state index in [4.69, 9.17) is 5.11 Å². The monoisotopic (exact) mass is 399 g/mol. The molecule has 0 aromatic rings. The summed E-state index contributed by atoms with van der Waals surface area (Å²) in [5.74, 6) is 0.597. The number of likely N-dealkylation sites (tertiary alicyclic amines) is 1. The zero-order chi connectivity index (χ0) is 18.5. The third kappa shape index (κ3) is 4.09. The van der Waals surface area contributed by atoms with Crippen LogP contribution >= 0.6 is 12.4 Å². The molecule has 0 spiro atoms. The first kappa shape index (κ1) is 20.4. The summed E-state index contributed by atoms with van der Waals surface area (Å²) in [7, 11) is 0. The van der Waals surface area contributed by atoms with Crippen molar-refractivity contribution in [3.8, 4) is 0 Å². The zero-order valence-electron chi connectivity index (χ0n) is 15.8. The van der Waals surface area contributed by atoms with Gasteiger partial charge < -0.3 is 10.4 Å². The highest BCUT2D eigenvalue weighted by molar-refractivity contribution is 5.97. The van der Waals surface area contributed by atoms with Crippen LogP contribution in [0.3, 0.4) is 0 Å². The zero-order valence-corrected chi connectivity index (χ0v) is 16.6. The van der Waals surface area contributed by atoms with Crippen molar-refractivity contribution >= 4 is 30.3 Å². The van der Waals surface area contributed by atoms with E-state index in [1.165, 1.54) is 19.3 Å². The highest BCUT2D eigenvalue weighted by atomic mass is 35.5. The number of nitrogens with zero attached hydrogens (tertiary/aromatic N) is 1. The van der Waals surface area contributed by atoms with E-state index in [1.54, 1.807) is 6.92 Å². The highest BCUT2D eigenvalue weighted by Crippen LogP contribution is 2.55. The molecular weight excluding hydrogens is 370 g/mol. The molecule has 0 aromatic heterocycles. The number of halogens is 1. The Morgan fingerprint density at radius 3 is 2.11 bits per heavy atom. The van der Waals surface area contributed by atoms with Gasteiger partial charge in [-0.3, -0.25) is 19.8 Å². The van der Waals surface area contributed by atoms with E-state index in [0.29, 0.717) is 19.5 Å². The second-order valence-corrected chi connectivity index (χ2v) is 9.14. The molecule has 1 saturated heterocycles. The Kier molecular flexibility index (Phi) is 5.73. The minimum atomic E-state index is -0.820. The summed E-state index contributed by atoms with van der Waals surface area (Å²) in [5.41, 5.74) is -0.121. The number of carbonyl (C=O) groups excluding carboxylic acids is 2. The van der Waals surface area contributed by atoms with E-state index >= 15 is 0 Å². The molecule has 1 aliphatic heterocycles. The fourth-order valence-electron chi connectivity index (χ4n) is 6.26. The normalized spacial score (nSPS) is 38.1. The standard InChI is InChI=1S/C19H29N3O4.ClH/c1-11(22-3-2-15(10-22)17(24)25)16(23)20-18(26)21-19-7-12-4-13(8-19)6-14(5-12)9-19;/h11-15H,2-10H2,1H3,(H,24,25)(H2,20,21,23,26);1H. The second kappa shape index (κ2) is 7.59. The number of hydrogen-bond acceptors (Lipinski definition) is 4. The third-order valence-corrected chi connectivity index (χ3v) is 7.15. The van der Waals surface area contributed by atoms with Crippen molar-refractivity contribution in [3.63, 3.8) is 0 Å². The summed E-state index contributed by atoms with van der Waals surface area (Å²) in [4.78, 5) is 37.8. The molecule has 4 saturated carbocycles. The van der Waals surface area contributed by atoms with Gasteiger partial charge in [-0.15, -0.1) is 12.4 Å². The molecule has 5 fully saturated rings. The van der Waals surface area contributed by atoms with Crippen LogP contribution in [0.4, 0.5) is 4.79 Å². The fourth-order valence-corrected chi connectivity index (χ4v) is 6.26. The molecule has 3 N–H and O–H groups in total. The van der Waals surface area contributed by atoms with Crippen LogP contribution in [0.1, 0.15) is 51.9 Å². The van der Waals surface area contributed by atoms with Crippen molar-refractivity contribution in [2.24, 2.45) is 23.7 Å². The van der Waals surface area contributed by atoms with Gasteiger partial charge in [0.05, 0.1) is 12.0 Å². The number of amides is 3. The Bertz CT molecular complexity index is 591. The van der Waals surface area contributed by atoms with Crippen LogP contribution in [0.2, 0.25) is 0 Å². The summed E-state index contributed by atoms with van der Waals surface area (Å²) in [6.07, 6.45) is 7.59. The molecule has 2 unspecified atom stereocenters. The van der Waals surface area contributed by atoms with Gasteiger partial charge in [-0.05, 0) is 76.2 Å². The molecule has 0 radical (unpaired) electrons. The lowest BCUT2D eigenvalue weighted by Crippen LogP contribution is -2.62. The summed E-state index contributed by atoms with van der Waals surface area (Å²) in [5, 5.41) is 14.7. The maximum Gasteiger partial charge on any atom is 0.321 e. The Morgan fingerprint density at radius 2 is 1.63 bits per heavy atom. The number of aliphatic carboxylic acids is 1. The predicted molar refractivity (Wildman–Crippen MR) is 102 cm³/mol. The minimum Gasteiger partial charge on any atom is -0.481 e. The van der Waals surface area contributed by atoms with Crippen molar-refractivity contribution < 1.29 is 19.5 Å². The molecule has 0 aromatic carbocycles. The number of rotatable bonds is 4. The lowest BCUT2D eigenvalue weighted by Gasteiger charge is -2.56. The van der Waals surface area contributed by atoms with Crippen LogP contribution < -0.4 is 10.6 Å². The molecule has 5 rings (SSSR count). The Balaban J connectivity index is 0.00000210. The van der Waals surface area contributed by atoms with Gasteiger partial charge in [-0.25, -0.2) is 4.79 Å². The first-order valence-electron chi connectivity index (χ1n) is 9.93. The van der Waals surface area contributed by atoms with Gasteiger partial charge in [-0.2, -0.15) is 0 Å². The number of carboxylic acids is 1. The lowest BCUT2D eigenvalue weighted by atomic mass is 9.53. The first-order chi connectivity index (χ1) is 12.3. The summed E-state index contributed by atoms with van der Waals surface area (Å²) >= 11 is 0. The average molecular weight is 400 g/mol. The van der Waals surface area contributed by atoms with Gasteiger partial charge in [0.15, 0.2) is 0 Å². The Morgan fingerprint density at radius 1 is 1.07 bits per heavy atom. The lowest BCUT2D eigenvalue weighted by molar-refractivity contribution is -0.141. The van der Waals surface area contributed by atoms with Crippen LogP contribution in [0.5, 0.6) is 0 Å². The van der Waals surface area contributed by atoms with Gasteiger partial charge in [0.1, 0.15) is 0 Å². The third-order valence-electron chi connectivity index (χ3n) is 7.15. The number of hydrogen-bond donors (Lipinski definition) is 3. The Hall–Kier alpha value is -1.34.